The van der Waals surface area contributed by atoms with Gasteiger partial charge in [-0.1, -0.05) is 35.7 Å². The zero-order chi connectivity index (χ0) is 42.8. The van der Waals surface area contributed by atoms with Gasteiger partial charge in [-0.05, 0) is 79.5 Å². The number of rotatable bonds is 11. The molecule has 1 unspecified atom stereocenters. The summed E-state index contributed by atoms with van der Waals surface area (Å²) in [4.78, 5) is 72.0. The molecule has 1 saturated heterocycles. The Morgan fingerprint density at radius 1 is 1.07 bits per heavy atom. The average molecular weight is 839 g/mol. The van der Waals surface area contributed by atoms with Crippen molar-refractivity contribution >= 4 is 64.0 Å². The van der Waals surface area contributed by atoms with E-state index in [1.54, 1.807) is 66.3 Å². The molecule has 1 aliphatic rings. The molecule has 16 nitrogen and oxygen atoms in total. The van der Waals surface area contributed by atoms with E-state index in [9.17, 15) is 19.2 Å². The highest BCUT2D eigenvalue weighted by Crippen LogP contribution is 2.47. The predicted molar refractivity (Wildman–Crippen MR) is 213 cm³/mol. The number of thiazole rings is 1. The highest BCUT2D eigenvalue weighted by atomic mass is 35.5. The number of ether oxygens (including phenoxy) is 6. The number of esters is 2. The Labute approximate surface area is 345 Å². The van der Waals surface area contributed by atoms with Gasteiger partial charge in [0.15, 0.2) is 29.3 Å². The van der Waals surface area contributed by atoms with Gasteiger partial charge in [-0.25, -0.2) is 24.4 Å². The van der Waals surface area contributed by atoms with E-state index in [-0.39, 0.29) is 41.9 Å². The summed E-state index contributed by atoms with van der Waals surface area (Å²) in [6.45, 7) is 16.0. The number of hydrogen-bond acceptors (Lipinski definition) is 15. The van der Waals surface area contributed by atoms with E-state index in [1.807, 2.05) is 31.2 Å². The van der Waals surface area contributed by atoms with Crippen molar-refractivity contribution in [2.75, 3.05) is 18.1 Å². The molecular weight excluding hydrogens is 792 g/mol. The second-order valence-electron chi connectivity index (χ2n) is 15.8. The number of benzene rings is 1. The number of carbonyl (C=O) groups is 4. The molecule has 4 heterocycles. The molecular formula is C40H47ClN6O10S. The summed E-state index contributed by atoms with van der Waals surface area (Å²) in [6.07, 6.45) is 1.85. The number of aryl methyl sites for hydroxylation is 1. The third-order valence-electron chi connectivity index (χ3n) is 8.91. The maximum absolute atomic E-state index is 14.0. The first-order valence-electron chi connectivity index (χ1n) is 18.3. The number of imidazole rings is 1. The van der Waals surface area contributed by atoms with E-state index < -0.39 is 64.8 Å². The average Bonchev–Trinajstić information content (AvgIpc) is 3.85. The lowest BCUT2D eigenvalue weighted by atomic mass is 9.81. The second-order valence-corrected chi connectivity index (χ2v) is 16.9. The van der Waals surface area contributed by atoms with E-state index in [1.165, 1.54) is 29.2 Å². The van der Waals surface area contributed by atoms with Crippen molar-refractivity contribution < 1.29 is 47.6 Å². The van der Waals surface area contributed by atoms with Gasteiger partial charge in [0.05, 0.1) is 36.2 Å². The lowest BCUT2D eigenvalue weighted by molar-refractivity contribution is -0.182. The number of fused-ring (bicyclic) bond motifs is 1. The van der Waals surface area contributed by atoms with Crippen LogP contribution in [0.2, 0.25) is 5.28 Å². The summed E-state index contributed by atoms with van der Waals surface area (Å²) in [7, 11) is 0. The van der Waals surface area contributed by atoms with Crippen LogP contribution in [0.5, 0.6) is 0 Å². The van der Waals surface area contributed by atoms with E-state index >= 15 is 0 Å². The van der Waals surface area contributed by atoms with Crippen molar-refractivity contribution in [1.29, 1.82) is 0 Å². The molecule has 5 rings (SSSR count). The van der Waals surface area contributed by atoms with E-state index in [0.29, 0.717) is 10.6 Å². The fourth-order valence-corrected chi connectivity index (χ4v) is 7.11. The van der Waals surface area contributed by atoms with E-state index in [4.69, 9.17) is 46.4 Å². The normalized spacial score (nSPS) is 20.5. The van der Waals surface area contributed by atoms with Gasteiger partial charge >= 0.3 is 24.1 Å². The van der Waals surface area contributed by atoms with Gasteiger partial charge in [-0.2, -0.15) is 14.9 Å². The molecule has 2 amide bonds. The molecule has 0 radical (unpaired) electrons. The van der Waals surface area contributed by atoms with Crippen molar-refractivity contribution in [3.05, 3.63) is 63.6 Å². The molecule has 4 aromatic rings. The summed E-state index contributed by atoms with van der Waals surface area (Å²) in [5.41, 5.74) is -1.64. The van der Waals surface area contributed by atoms with Crippen LogP contribution in [0, 0.1) is 24.7 Å². The molecule has 18 heteroatoms. The Morgan fingerprint density at radius 3 is 2.29 bits per heavy atom. The molecule has 58 heavy (non-hydrogen) atoms. The van der Waals surface area contributed by atoms with Crippen LogP contribution in [0.15, 0.2) is 41.5 Å². The predicted octanol–water partition coefficient (Wildman–Crippen LogP) is 7.11. The fourth-order valence-electron chi connectivity index (χ4n) is 6.34. The van der Waals surface area contributed by atoms with Crippen LogP contribution in [0.4, 0.5) is 15.4 Å². The number of imide groups is 1. The Bertz CT molecular complexity index is 2180. The van der Waals surface area contributed by atoms with Crippen LogP contribution in [-0.2, 0) is 50.0 Å². The fraction of sp³-hybridized carbons (Fsp3) is 0.500. The number of amides is 2. The zero-order valence-corrected chi connectivity index (χ0v) is 35.6. The summed E-state index contributed by atoms with van der Waals surface area (Å²) < 4.78 is 37.3. The Balaban J connectivity index is 1.61. The maximum atomic E-state index is 14.0. The molecule has 5 atom stereocenters. The quantitative estimate of drug-likeness (QED) is 0.0645. The number of carbonyl (C=O) groups excluding carboxylic acids is 4. The maximum Gasteiger partial charge on any atom is 0.425 e. The largest absolute Gasteiger partial charge is 0.464 e. The number of nitrogens with zero attached hydrogens (tertiary/aromatic N) is 6. The Kier molecular flexibility index (Phi) is 12.9. The molecule has 1 aromatic carbocycles. The lowest BCUT2D eigenvalue weighted by Crippen LogP contribution is -2.47. The standard InChI is InChI=1S/C40H47ClN6O10S/c1-12-39(11)27(19-53-40(33(49)52-13-2,26-20-58-22-43-26)18-25-16-14-15-23(3)17-25)55-32(29(39)54-24(4)48)46-21-42-28-30(46)44-34(41)45-31(28)47(35(50)56-37(5,6)7)36(51)57-38(8,9)10/h1,14-17,20-22,27,29,32H,13,18-19H2,2-11H3/t27-,29+,32-,39+,40?/m1/s1. The smallest absolute Gasteiger partial charge is 0.425 e. The van der Waals surface area contributed by atoms with Crippen LogP contribution in [0.25, 0.3) is 11.2 Å². The van der Waals surface area contributed by atoms with Crippen molar-refractivity contribution in [3.63, 3.8) is 0 Å². The van der Waals surface area contributed by atoms with E-state index in [2.05, 4.69) is 25.9 Å². The molecule has 1 fully saturated rings. The van der Waals surface area contributed by atoms with Crippen molar-refractivity contribution in [3.8, 4) is 12.3 Å². The zero-order valence-electron chi connectivity index (χ0n) is 34.0. The Hall–Kier alpha value is -5.15. The highest BCUT2D eigenvalue weighted by Gasteiger charge is 2.58. The monoisotopic (exact) mass is 838 g/mol. The van der Waals surface area contributed by atoms with Crippen LogP contribution in [-0.4, -0.2) is 85.3 Å². The van der Waals surface area contributed by atoms with Crippen LogP contribution in [0.1, 0.15) is 85.4 Å². The van der Waals surface area contributed by atoms with Gasteiger partial charge in [0.2, 0.25) is 10.9 Å². The molecule has 3 aromatic heterocycles. The minimum absolute atomic E-state index is 0.0296. The lowest BCUT2D eigenvalue weighted by Gasteiger charge is -2.34. The number of aromatic nitrogens is 5. The summed E-state index contributed by atoms with van der Waals surface area (Å²) in [5, 5.41) is 1.32. The first kappa shape index (κ1) is 44.0. The van der Waals surface area contributed by atoms with Crippen LogP contribution >= 0.6 is 22.9 Å². The van der Waals surface area contributed by atoms with Gasteiger partial charge in [-0.15, -0.1) is 17.8 Å². The molecule has 310 valence electrons. The SMILES string of the molecule is C#C[C@@]1(C)[C@@H](COC(Cc2cccc(C)c2)(C(=O)OCC)c2cscn2)O[C@@H](n2cnc3c(N(C(=O)OC(C)(C)C)C(=O)OC(C)(C)C)nc(Cl)nc32)[C@@H]1OC(C)=O. The number of hydrogen-bond donors (Lipinski definition) is 0. The van der Waals surface area contributed by atoms with Gasteiger partial charge < -0.3 is 28.4 Å². The van der Waals surface area contributed by atoms with Gasteiger partial charge in [0.1, 0.15) is 17.3 Å². The summed E-state index contributed by atoms with van der Waals surface area (Å²) in [5.74, 6) is 1.05. The van der Waals surface area contributed by atoms with E-state index in [0.717, 1.165) is 11.1 Å². The third kappa shape index (κ3) is 9.42. The molecule has 1 aliphatic heterocycles. The number of anilines is 1. The highest BCUT2D eigenvalue weighted by molar-refractivity contribution is 7.07. The first-order chi connectivity index (χ1) is 27.1. The molecule has 0 N–H and O–H groups in total. The van der Waals surface area contributed by atoms with Gasteiger partial charge in [0.25, 0.3) is 0 Å². The van der Waals surface area contributed by atoms with Crippen LogP contribution in [0.3, 0.4) is 0 Å². The molecule has 0 bridgehead atoms. The van der Waals surface area contributed by atoms with Crippen molar-refractivity contribution in [2.45, 2.75) is 111 Å². The second kappa shape index (κ2) is 17.0. The third-order valence-corrected chi connectivity index (χ3v) is 9.66. The minimum atomic E-state index is -1.73. The topological polar surface area (TPSA) is 183 Å². The van der Waals surface area contributed by atoms with Gasteiger partial charge in [0, 0.05) is 18.7 Å². The first-order valence-corrected chi connectivity index (χ1v) is 19.7. The van der Waals surface area contributed by atoms with Gasteiger partial charge in [-0.3, -0.25) is 9.36 Å². The van der Waals surface area contributed by atoms with Crippen LogP contribution < -0.4 is 4.90 Å². The number of halogens is 1. The molecule has 0 spiro atoms. The minimum Gasteiger partial charge on any atom is -0.464 e. The van der Waals surface area contributed by atoms with Crippen molar-refractivity contribution in [2.24, 2.45) is 5.41 Å². The summed E-state index contributed by atoms with van der Waals surface area (Å²) in [6, 6.07) is 7.63. The molecule has 0 saturated carbocycles. The summed E-state index contributed by atoms with van der Waals surface area (Å²) >= 11 is 7.75. The number of terminal acetylenes is 1. The van der Waals surface area contributed by atoms with Crippen molar-refractivity contribution in [1.82, 2.24) is 24.5 Å². The Morgan fingerprint density at radius 2 is 1.74 bits per heavy atom. The molecule has 0 aliphatic carbocycles.